The van der Waals surface area contributed by atoms with Gasteiger partial charge in [0.05, 0.1) is 0 Å². The lowest BCUT2D eigenvalue weighted by Crippen LogP contribution is -2.24. The zero-order chi connectivity index (χ0) is 15.3. The van der Waals surface area contributed by atoms with Gasteiger partial charge in [0.25, 0.3) is 0 Å². The van der Waals surface area contributed by atoms with Crippen LogP contribution in [0.4, 0.5) is 0 Å². The van der Waals surface area contributed by atoms with Crippen molar-refractivity contribution in [3.63, 3.8) is 0 Å². The lowest BCUT2D eigenvalue weighted by Gasteiger charge is -2.31. The van der Waals surface area contributed by atoms with E-state index in [1.807, 2.05) is 0 Å². The van der Waals surface area contributed by atoms with Gasteiger partial charge in [-0.1, -0.05) is 64.7 Å². The van der Waals surface area contributed by atoms with E-state index < -0.39 is 0 Å². The van der Waals surface area contributed by atoms with E-state index in [4.69, 9.17) is 5.32 Å². The summed E-state index contributed by atoms with van der Waals surface area (Å²) in [6, 6.07) is 0. The maximum Gasteiger partial charge on any atom is 0.0469 e. The van der Waals surface area contributed by atoms with E-state index in [2.05, 4.69) is 13.0 Å². The molecule has 1 saturated carbocycles. The molecule has 3 rings (SSSR count). The zero-order valence-electron chi connectivity index (χ0n) is 14.6. The molecule has 1 heteroatoms. The number of allylic oxidation sites excluding steroid dienone is 4. The fourth-order valence-electron chi connectivity index (χ4n) is 4.50. The molecule has 1 aliphatic heterocycles. The van der Waals surface area contributed by atoms with Gasteiger partial charge < -0.3 is 0 Å². The Bertz CT molecular complexity index is 417. The quantitative estimate of drug-likeness (QED) is 0.516. The fourth-order valence-corrected chi connectivity index (χ4v) is 4.50. The van der Waals surface area contributed by atoms with E-state index in [-0.39, 0.29) is 0 Å². The molecular weight excluding hydrogens is 266 g/mol. The Morgan fingerprint density at radius 1 is 0.727 bits per heavy atom. The topological polar surface area (TPSA) is 14.1 Å². The van der Waals surface area contributed by atoms with Crippen molar-refractivity contribution in [2.24, 2.45) is 5.41 Å². The van der Waals surface area contributed by atoms with Crippen molar-refractivity contribution in [3.8, 4) is 0 Å². The van der Waals surface area contributed by atoms with Gasteiger partial charge in [-0.05, 0) is 50.2 Å². The van der Waals surface area contributed by atoms with Crippen molar-refractivity contribution in [3.05, 3.63) is 23.0 Å². The summed E-state index contributed by atoms with van der Waals surface area (Å²) < 4.78 is 0. The summed E-state index contributed by atoms with van der Waals surface area (Å²) >= 11 is 0. The van der Waals surface area contributed by atoms with E-state index in [1.54, 1.807) is 5.57 Å². The van der Waals surface area contributed by atoms with Gasteiger partial charge in [0.15, 0.2) is 0 Å². The Hall–Kier alpha value is -0.720. The number of rotatable bonds is 1. The monoisotopic (exact) mass is 300 g/mol. The smallest absolute Gasteiger partial charge is 0.0469 e. The van der Waals surface area contributed by atoms with Gasteiger partial charge in [0, 0.05) is 16.8 Å². The largest absolute Gasteiger partial charge is 0.257 e. The van der Waals surface area contributed by atoms with Gasteiger partial charge in [0.1, 0.15) is 0 Å². The first kappa shape index (κ1) is 16.1. The van der Waals surface area contributed by atoms with Crippen LogP contribution in [0, 0.1) is 5.41 Å². The standard InChI is InChI=1S/C21H34N/c1-21(20-17-18-13-9-10-14-19(18)22-20)15-11-7-5-3-2-4-6-8-12-16-21/h17H,2-16H2,1H3. The van der Waals surface area contributed by atoms with Gasteiger partial charge in [-0.2, -0.15) is 0 Å². The SMILES string of the molecule is CC1(C2=CC3=C(CCCC3)[N]2)CCCCCCCCCCC1. The number of nitrogens with zero attached hydrogens (tertiary/aromatic N) is 1. The van der Waals surface area contributed by atoms with Crippen molar-refractivity contribution in [2.45, 2.75) is 103 Å². The molecule has 3 aliphatic rings. The summed E-state index contributed by atoms with van der Waals surface area (Å²) in [5.41, 5.74) is 4.80. The van der Waals surface area contributed by atoms with Crippen LogP contribution >= 0.6 is 0 Å². The minimum absolute atomic E-state index is 0.344. The third-order valence-corrected chi connectivity index (χ3v) is 6.12. The van der Waals surface area contributed by atoms with Crippen molar-refractivity contribution >= 4 is 0 Å². The van der Waals surface area contributed by atoms with Crippen LogP contribution in [-0.2, 0) is 0 Å². The van der Waals surface area contributed by atoms with Crippen molar-refractivity contribution < 1.29 is 0 Å². The molecule has 22 heavy (non-hydrogen) atoms. The molecule has 1 fully saturated rings. The Morgan fingerprint density at radius 3 is 1.86 bits per heavy atom. The van der Waals surface area contributed by atoms with E-state index in [9.17, 15) is 0 Å². The average molecular weight is 301 g/mol. The zero-order valence-corrected chi connectivity index (χ0v) is 14.6. The molecule has 0 aromatic heterocycles. The summed E-state index contributed by atoms with van der Waals surface area (Å²) in [4.78, 5) is 0. The molecule has 0 saturated heterocycles. The Kier molecular flexibility index (Phi) is 5.66. The molecule has 0 bridgehead atoms. The molecule has 0 spiro atoms. The van der Waals surface area contributed by atoms with Gasteiger partial charge in [-0.3, -0.25) is 5.32 Å². The molecule has 123 valence electrons. The average Bonchev–Trinajstić information content (AvgIpc) is 2.96. The van der Waals surface area contributed by atoms with Crippen LogP contribution in [0.15, 0.2) is 23.0 Å². The molecule has 1 nitrogen and oxygen atoms in total. The van der Waals surface area contributed by atoms with Crippen molar-refractivity contribution in [1.82, 2.24) is 5.32 Å². The third kappa shape index (κ3) is 3.97. The van der Waals surface area contributed by atoms with Crippen LogP contribution in [0.25, 0.3) is 0 Å². The van der Waals surface area contributed by atoms with Crippen LogP contribution in [0.2, 0.25) is 0 Å². The molecule has 0 amide bonds. The second-order valence-electron chi connectivity index (χ2n) is 8.06. The normalized spacial score (nSPS) is 27.2. The predicted molar refractivity (Wildman–Crippen MR) is 94.6 cm³/mol. The Morgan fingerprint density at radius 2 is 1.27 bits per heavy atom. The van der Waals surface area contributed by atoms with E-state index in [0.29, 0.717) is 5.41 Å². The lowest BCUT2D eigenvalue weighted by molar-refractivity contribution is 0.291. The highest BCUT2D eigenvalue weighted by Gasteiger charge is 2.33. The second-order valence-corrected chi connectivity index (χ2v) is 8.06. The first-order valence-corrected chi connectivity index (χ1v) is 9.94. The third-order valence-electron chi connectivity index (χ3n) is 6.12. The van der Waals surface area contributed by atoms with Crippen LogP contribution in [0.3, 0.4) is 0 Å². The predicted octanol–water partition coefficient (Wildman–Crippen LogP) is 6.63. The van der Waals surface area contributed by atoms with Crippen LogP contribution in [-0.4, -0.2) is 0 Å². The van der Waals surface area contributed by atoms with Crippen molar-refractivity contribution in [1.29, 1.82) is 0 Å². The van der Waals surface area contributed by atoms with Gasteiger partial charge in [0.2, 0.25) is 0 Å². The van der Waals surface area contributed by atoms with Crippen LogP contribution in [0.1, 0.15) is 103 Å². The summed E-state index contributed by atoms with van der Waals surface area (Å²) in [6.45, 7) is 2.51. The van der Waals surface area contributed by atoms with Crippen molar-refractivity contribution in [2.75, 3.05) is 0 Å². The fraction of sp³-hybridized carbons (Fsp3) is 0.810. The van der Waals surface area contributed by atoms with E-state index >= 15 is 0 Å². The first-order chi connectivity index (χ1) is 10.8. The highest BCUT2D eigenvalue weighted by atomic mass is 14.9. The lowest BCUT2D eigenvalue weighted by atomic mass is 9.76. The summed E-state index contributed by atoms with van der Waals surface area (Å²) in [5.74, 6) is 0. The van der Waals surface area contributed by atoms with Gasteiger partial charge in [-0.15, -0.1) is 0 Å². The highest BCUT2D eigenvalue weighted by molar-refractivity contribution is 5.40. The summed E-state index contributed by atoms with van der Waals surface area (Å²) in [5, 5.41) is 5.11. The molecule has 0 N–H and O–H groups in total. The molecule has 1 heterocycles. The van der Waals surface area contributed by atoms with E-state index in [1.165, 1.54) is 108 Å². The summed E-state index contributed by atoms with van der Waals surface area (Å²) in [7, 11) is 0. The minimum atomic E-state index is 0.344. The van der Waals surface area contributed by atoms with Gasteiger partial charge in [-0.25, -0.2) is 0 Å². The minimum Gasteiger partial charge on any atom is -0.257 e. The molecule has 2 aliphatic carbocycles. The number of hydrogen-bond acceptors (Lipinski definition) is 0. The molecular formula is C21H34N. The van der Waals surface area contributed by atoms with Crippen LogP contribution in [0.5, 0.6) is 0 Å². The first-order valence-electron chi connectivity index (χ1n) is 9.94. The molecule has 0 aromatic carbocycles. The van der Waals surface area contributed by atoms with Crippen LogP contribution < -0.4 is 5.32 Å². The number of hydrogen-bond donors (Lipinski definition) is 0. The highest BCUT2D eigenvalue weighted by Crippen LogP contribution is 2.43. The molecule has 1 radical (unpaired) electrons. The molecule has 0 atom stereocenters. The van der Waals surface area contributed by atoms with E-state index in [0.717, 1.165) is 0 Å². The molecule has 0 aromatic rings. The van der Waals surface area contributed by atoms with Gasteiger partial charge >= 0.3 is 0 Å². The molecule has 0 unspecified atom stereocenters. The maximum absolute atomic E-state index is 5.11. The Labute approximate surface area is 137 Å². The second kappa shape index (κ2) is 7.70. The summed E-state index contributed by atoms with van der Waals surface area (Å²) in [6.07, 6.45) is 23.3. The Balaban J connectivity index is 1.65. The maximum atomic E-state index is 5.11.